The third kappa shape index (κ3) is 3.85. The molecule has 0 radical (unpaired) electrons. The van der Waals surface area contributed by atoms with E-state index in [-0.39, 0.29) is 9.52 Å². The van der Waals surface area contributed by atoms with Crippen LogP contribution in [0.15, 0.2) is 30.8 Å². The molecule has 1 aromatic carbocycles. The molecule has 0 heterocycles. The lowest BCUT2D eigenvalue weighted by molar-refractivity contribution is 0.759. The van der Waals surface area contributed by atoms with Crippen molar-refractivity contribution in [2.75, 3.05) is 6.54 Å². The largest absolute Gasteiger partial charge is 0.385 e. The molecule has 0 bridgehead atoms. The maximum Gasteiger partial charge on any atom is 0.0610 e. The number of hydrogen-bond acceptors (Lipinski definition) is 1. The minimum Gasteiger partial charge on any atom is -0.385 e. The molecular formula is C14H23NSi. The van der Waals surface area contributed by atoms with Crippen molar-refractivity contribution in [2.24, 2.45) is 0 Å². The molecule has 88 valence electrons. The monoisotopic (exact) mass is 233 g/mol. The quantitative estimate of drug-likeness (QED) is 0.787. The van der Waals surface area contributed by atoms with E-state index in [4.69, 9.17) is 0 Å². The van der Waals surface area contributed by atoms with E-state index in [0.717, 1.165) is 12.2 Å². The number of hydrogen-bond donors (Lipinski definition) is 1. The Morgan fingerprint density at radius 1 is 1.31 bits per heavy atom. The third-order valence-electron chi connectivity index (χ3n) is 2.45. The Balaban J connectivity index is 2.96. The lowest BCUT2D eigenvalue weighted by Gasteiger charge is -2.20. The molecule has 2 heteroatoms. The van der Waals surface area contributed by atoms with Crippen LogP contribution in [0.25, 0.3) is 5.70 Å². The molecule has 0 spiro atoms. The highest BCUT2D eigenvalue weighted by Crippen LogP contribution is 2.21. The van der Waals surface area contributed by atoms with Crippen LogP contribution in [0.1, 0.15) is 33.3 Å². The van der Waals surface area contributed by atoms with Gasteiger partial charge in [0.1, 0.15) is 0 Å². The van der Waals surface area contributed by atoms with Crippen LogP contribution >= 0.6 is 0 Å². The summed E-state index contributed by atoms with van der Waals surface area (Å²) in [5.41, 5.74) is 2.38. The van der Waals surface area contributed by atoms with E-state index in [1.165, 1.54) is 10.8 Å². The van der Waals surface area contributed by atoms with Crippen LogP contribution in [-0.4, -0.2) is 16.1 Å². The van der Waals surface area contributed by atoms with Crippen molar-refractivity contribution in [3.63, 3.8) is 0 Å². The van der Waals surface area contributed by atoms with Gasteiger partial charge >= 0.3 is 0 Å². The van der Waals surface area contributed by atoms with Gasteiger partial charge in [-0.3, -0.25) is 0 Å². The zero-order valence-corrected chi connectivity index (χ0v) is 12.3. The molecule has 1 nitrogen and oxygen atoms in total. The van der Waals surface area contributed by atoms with Gasteiger partial charge in [-0.05, 0) is 17.5 Å². The van der Waals surface area contributed by atoms with Crippen molar-refractivity contribution in [3.05, 3.63) is 36.4 Å². The topological polar surface area (TPSA) is 12.0 Å². The van der Waals surface area contributed by atoms with Crippen molar-refractivity contribution < 1.29 is 0 Å². The average Bonchev–Trinajstić information content (AvgIpc) is 2.16. The van der Waals surface area contributed by atoms with Gasteiger partial charge in [0.05, 0.1) is 9.52 Å². The lowest BCUT2D eigenvalue weighted by Crippen LogP contribution is -2.28. The van der Waals surface area contributed by atoms with Crippen molar-refractivity contribution >= 4 is 20.4 Å². The minimum absolute atomic E-state index is 0.263. The summed E-state index contributed by atoms with van der Waals surface area (Å²) in [5.74, 6) is 0. The Morgan fingerprint density at radius 2 is 1.94 bits per heavy atom. The fourth-order valence-electron chi connectivity index (χ4n) is 1.85. The second-order valence-corrected chi connectivity index (χ2v) is 8.64. The summed E-state index contributed by atoms with van der Waals surface area (Å²) in [6.45, 7) is 14.1. The van der Waals surface area contributed by atoms with E-state index < -0.39 is 0 Å². The van der Waals surface area contributed by atoms with E-state index >= 15 is 0 Å². The molecule has 16 heavy (non-hydrogen) atoms. The normalized spacial score (nSPS) is 12.0. The van der Waals surface area contributed by atoms with E-state index in [1.807, 2.05) is 0 Å². The minimum atomic E-state index is -0.263. The number of nitrogens with one attached hydrogen (secondary N) is 1. The molecule has 0 saturated carbocycles. The SMILES string of the molecule is C=C(NCC)c1ccccc1[SiH2]C(C)(C)C. The molecule has 0 fully saturated rings. The molecule has 0 aliphatic heterocycles. The first-order valence-electron chi connectivity index (χ1n) is 5.95. The Kier molecular flexibility index (Phi) is 4.36. The predicted molar refractivity (Wildman–Crippen MR) is 77.0 cm³/mol. The molecule has 1 aromatic rings. The molecule has 0 unspecified atom stereocenters. The molecular weight excluding hydrogens is 210 g/mol. The fraction of sp³-hybridized carbons (Fsp3) is 0.429. The van der Waals surface area contributed by atoms with E-state index in [0.29, 0.717) is 5.04 Å². The smallest absolute Gasteiger partial charge is 0.0610 e. The van der Waals surface area contributed by atoms with E-state index in [2.05, 4.69) is 63.9 Å². The van der Waals surface area contributed by atoms with Crippen LogP contribution in [0, 0.1) is 0 Å². The predicted octanol–water partition coefficient (Wildman–Crippen LogP) is 2.28. The molecule has 0 saturated heterocycles. The molecule has 0 atom stereocenters. The average molecular weight is 233 g/mol. The van der Waals surface area contributed by atoms with Crippen LogP contribution in [0.3, 0.4) is 0 Å². The summed E-state index contributed by atoms with van der Waals surface area (Å²) in [5, 5.41) is 5.28. The van der Waals surface area contributed by atoms with Crippen molar-refractivity contribution in [1.29, 1.82) is 0 Å². The van der Waals surface area contributed by atoms with Gasteiger partial charge in [-0.2, -0.15) is 0 Å². The Hall–Kier alpha value is -1.02. The highest BCUT2D eigenvalue weighted by molar-refractivity contribution is 6.57. The summed E-state index contributed by atoms with van der Waals surface area (Å²) < 4.78 is 0. The zero-order chi connectivity index (χ0) is 12.2. The summed E-state index contributed by atoms with van der Waals surface area (Å²) >= 11 is 0. The van der Waals surface area contributed by atoms with Gasteiger partial charge in [-0.1, -0.05) is 56.8 Å². The van der Waals surface area contributed by atoms with Gasteiger partial charge in [-0.25, -0.2) is 0 Å². The van der Waals surface area contributed by atoms with Crippen LogP contribution in [0.4, 0.5) is 0 Å². The molecule has 0 amide bonds. The van der Waals surface area contributed by atoms with Crippen LogP contribution in [0.2, 0.25) is 5.04 Å². The van der Waals surface area contributed by atoms with Gasteiger partial charge in [-0.15, -0.1) is 0 Å². The van der Waals surface area contributed by atoms with Gasteiger partial charge in [0.15, 0.2) is 0 Å². The van der Waals surface area contributed by atoms with Crippen molar-refractivity contribution in [2.45, 2.75) is 32.7 Å². The molecule has 1 rings (SSSR count). The highest BCUT2D eigenvalue weighted by atomic mass is 28.2. The van der Waals surface area contributed by atoms with E-state index in [1.54, 1.807) is 0 Å². The number of benzene rings is 1. The Morgan fingerprint density at radius 3 is 2.50 bits per heavy atom. The van der Waals surface area contributed by atoms with Crippen LogP contribution in [-0.2, 0) is 0 Å². The Bertz CT molecular complexity index is 363. The summed E-state index contributed by atoms with van der Waals surface area (Å²) in [6, 6.07) is 8.67. The first-order valence-corrected chi connectivity index (χ1v) is 7.36. The summed E-state index contributed by atoms with van der Waals surface area (Å²) in [7, 11) is -0.263. The first-order chi connectivity index (χ1) is 7.44. The Labute approximate surface area is 102 Å². The molecule has 0 aliphatic rings. The standard InChI is InChI=1S/C14H23NSi/c1-6-15-11(2)12-9-7-8-10-13(12)16-14(3,4)5/h7-10,15H,2,6,16H2,1,3-5H3. The van der Waals surface area contributed by atoms with Gasteiger partial charge in [0.2, 0.25) is 0 Å². The maximum atomic E-state index is 4.12. The third-order valence-corrected chi connectivity index (χ3v) is 4.51. The van der Waals surface area contributed by atoms with Crippen molar-refractivity contribution in [3.8, 4) is 0 Å². The first kappa shape index (κ1) is 13.0. The number of rotatable bonds is 4. The van der Waals surface area contributed by atoms with Gasteiger partial charge in [0, 0.05) is 12.2 Å². The van der Waals surface area contributed by atoms with Crippen LogP contribution in [0.5, 0.6) is 0 Å². The molecule has 0 aromatic heterocycles. The van der Waals surface area contributed by atoms with Gasteiger partial charge < -0.3 is 5.32 Å². The zero-order valence-electron chi connectivity index (χ0n) is 10.9. The van der Waals surface area contributed by atoms with E-state index in [9.17, 15) is 0 Å². The second-order valence-electron chi connectivity index (χ2n) is 5.40. The summed E-state index contributed by atoms with van der Waals surface area (Å²) in [6.07, 6.45) is 0. The fourth-order valence-corrected chi connectivity index (χ4v) is 3.77. The molecule has 1 N–H and O–H groups in total. The summed E-state index contributed by atoms with van der Waals surface area (Å²) in [4.78, 5) is 0. The van der Waals surface area contributed by atoms with Gasteiger partial charge in [0.25, 0.3) is 0 Å². The highest BCUT2D eigenvalue weighted by Gasteiger charge is 2.15. The molecule has 0 aliphatic carbocycles. The second kappa shape index (κ2) is 5.35. The lowest BCUT2D eigenvalue weighted by atomic mass is 10.2. The van der Waals surface area contributed by atoms with Crippen molar-refractivity contribution in [1.82, 2.24) is 5.32 Å². The maximum absolute atomic E-state index is 4.12. The van der Waals surface area contributed by atoms with Crippen LogP contribution < -0.4 is 10.5 Å².